The first-order valence-electron chi connectivity index (χ1n) is 8.87. The van der Waals surface area contributed by atoms with Crippen LogP contribution in [0.1, 0.15) is 22.3 Å². The Hall–Kier alpha value is -3.75. The van der Waals surface area contributed by atoms with Gasteiger partial charge in [0.15, 0.2) is 18.1 Å². The number of carbonyl (C=O) groups excluding carboxylic acids is 3. The van der Waals surface area contributed by atoms with E-state index in [0.717, 1.165) is 11.3 Å². The summed E-state index contributed by atoms with van der Waals surface area (Å²) in [7, 11) is 2.96. The third-order valence-corrected chi connectivity index (χ3v) is 4.30. The molecule has 0 atom stereocenters. The number of hydrogen-bond donors (Lipinski definition) is 3. The van der Waals surface area contributed by atoms with Crippen LogP contribution in [0.4, 0.5) is 5.69 Å². The van der Waals surface area contributed by atoms with Crippen molar-refractivity contribution in [2.75, 3.05) is 26.1 Å². The molecule has 1 heterocycles. The van der Waals surface area contributed by atoms with E-state index in [-0.39, 0.29) is 12.5 Å². The minimum absolute atomic E-state index is 0.0178. The van der Waals surface area contributed by atoms with Crippen LogP contribution in [0, 0.1) is 0 Å². The zero-order chi connectivity index (χ0) is 20.8. The third kappa shape index (κ3) is 4.95. The van der Waals surface area contributed by atoms with Crippen LogP contribution in [0.15, 0.2) is 36.4 Å². The van der Waals surface area contributed by atoms with Gasteiger partial charge in [-0.2, -0.15) is 0 Å². The molecule has 9 nitrogen and oxygen atoms in total. The number of carbonyl (C=O) groups is 3. The maximum atomic E-state index is 12.2. The molecule has 152 valence electrons. The maximum Gasteiger partial charge on any atom is 0.276 e. The van der Waals surface area contributed by atoms with Gasteiger partial charge < -0.3 is 19.5 Å². The summed E-state index contributed by atoms with van der Waals surface area (Å²) in [4.78, 5) is 35.5. The number of amides is 3. The predicted molar refractivity (Wildman–Crippen MR) is 104 cm³/mol. The molecule has 0 unspecified atom stereocenters. The lowest BCUT2D eigenvalue weighted by molar-refractivity contribution is -0.123. The number of hydrazine groups is 1. The van der Waals surface area contributed by atoms with Gasteiger partial charge in [-0.25, -0.2) is 0 Å². The first kappa shape index (κ1) is 20.0. The molecule has 1 aliphatic heterocycles. The summed E-state index contributed by atoms with van der Waals surface area (Å²) in [5, 5.41) is 2.78. The van der Waals surface area contributed by atoms with E-state index in [1.807, 2.05) is 0 Å². The molecule has 2 aromatic rings. The molecular weight excluding hydrogens is 378 g/mol. The highest BCUT2D eigenvalue weighted by Crippen LogP contribution is 2.28. The van der Waals surface area contributed by atoms with Gasteiger partial charge in [-0.1, -0.05) is 0 Å². The smallest absolute Gasteiger partial charge is 0.276 e. The molecular formula is C20H21N3O6. The molecule has 9 heteroatoms. The normalized spacial score (nSPS) is 12.3. The van der Waals surface area contributed by atoms with Crippen molar-refractivity contribution < 1.29 is 28.6 Å². The Kier molecular flexibility index (Phi) is 6.18. The molecule has 0 radical (unpaired) electrons. The van der Waals surface area contributed by atoms with Gasteiger partial charge in [0.2, 0.25) is 5.91 Å². The number of hydrogen-bond acceptors (Lipinski definition) is 6. The van der Waals surface area contributed by atoms with Gasteiger partial charge in [0.05, 0.1) is 14.2 Å². The van der Waals surface area contributed by atoms with E-state index < -0.39 is 11.8 Å². The molecule has 29 heavy (non-hydrogen) atoms. The van der Waals surface area contributed by atoms with Crippen molar-refractivity contribution >= 4 is 23.4 Å². The summed E-state index contributed by atoms with van der Waals surface area (Å²) >= 11 is 0. The Morgan fingerprint density at radius 1 is 1.00 bits per heavy atom. The Balaban J connectivity index is 1.50. The van der Waals surface area contributed by atoms with Crippen LogP contribution in [0.5, 0.6) is 17.2 Å². The molecule has 0 spiro atoms. The molecule has 3 rings (SSSR count). The minimum atomic E-state index is -0.523. The highest BCUT2D eigenvalue weighted by atomic mass is 16.5. The van der Waals surface area contributed by atoms with Gasteiger partial charge in [0, 0.05) is 17.7 Å². The molecule has 0 saturated carbocycles. The second kappa shape index (κ2) is 8.96. The van der Waals surface area contributed by atoms with Gasteiger partial charge >= 0.3 is 0 Å². The Morgan fingerprint density at radius 2 is 1.79 bits per heavy atom. The largest absolute Gasteiger partial charge is 0.493 e. The van der Waals surface area contributed by atoms with Crippen LogP contribution < -0.4 is 30.4 Å². The average Bonchev–Trinajstić information content (AvgIpc) is 2.75. The monoisotopic (exact) mass is 399 g/mol. The van der Waals surface area contributed by atoms with Crippen molar-refractivity contribution in [2.45, 2.75) is 12.8 Å². The molecule has 0 aliphatic carbocycles. The van der Waals surface area contributed by atoms with Crippen LogP contribution in [-0.4, -0.2) is 38.5 Å². The summed E-state index contributed by atoms with van der Waals surface area (Å²) in [5.74, 6) is 0.343. The lowest BCUT2D eigenvalue weighted by atomic mass is 10.0. The predicted octanol–water partition coefficient (Wildman–Crippen LogP) is 1.43. The van der Waals surface area contributed by atoms with Gasteiger partial charge in [0.25, 0.3) is 11.8 Å². The Labute approximate surface area is 167 Å². The first-order valence-corrected chi connectivity index (χ1v) is 8.87. The van der Waals surface area contributed by atoms with Gasteiger partial charge in [0.1, 0.15) is 5.75 Å². The van der Waals surface area contributed by atoms with E-state index in [0.29, 0.717) is 35.7 Å². The number of rotatable bonds is 6. The van der Waals surface area contributed by atoms with Crippen LogP contribution in [-0.2, 0) is 16.0 Å². The molecule has 0 aromatic heterocycles. The van der Waals surface area contributed by atoms with Crippen molar-refractivity contribution in [3.63, 3.8) is 0 Å². The number of nitrogens with one attached hydrogen (secondary N) is 3. The molecule has 3 amide bonds. The lowest BCUT2D eigenvalue weighted by Crippen LogP contribution is -2.43. The van der Waals surface area contributed by atoms with Gasteiger partial charge in [-0.3, -0.25) is 25.2 Å². The summed E-state index contributed by atoms with van der Waals surface area (Å²) in [6, 6.07) is 9.83. The number of aryl methyl sites for hydroxylation is 1. The van der Waals surface area contributed by atoms with Crippen LogP contribution in [0.25, 0.3) is 0 Å². The summed E-state index contributed by atoms with van der Waals surface area (Å²) in [6.45, 7) is -0.280. The fourth-order valence-electron chi connectivity index (χ4n) is 2.81. The van der Waals surface area contributed by atoms with E-state index >= 15 is 0 Å². The quantitative estimate of drug-likeness (QED) is 0.633. The highest BCUT2D eigenvalue weighted by molar-refractivity contribution is 5.96. The van der Waals surface area contributed by atoms with Crippen molar-refractivity contribution in [1.29, 1.82) is 0 Å². The number of fused-ring (bicyclic) bond motifs is 1. The summed E-state index contributed by atoms with van der Waals surface area (Å²) in [6.07, 6.45) is 1.03. The number of benzene rings is 2. The molecule has 3 N–H and O–H groups in total. The van der Waals surface area contributed by atoms with E-state index in [2.05, 4.69) is 16.2 Å². The Bertz CT molecular complexity index is 944. The highest BCUT2D eigenvalue weighted by Gasteiger charge is 2.16. The van der Waals surface area contributed by atoms with E-state index in [9.17, 15) is 14.4 Å². The van der Waals surface area contributed by atoms with Crippen molar-refractivity contribution in [2.24, 2.45) is 0 Å². The van der Waals surface area contributed by atoms with Crippen molar-refractivity contribution in [1.82, 2.24) is 10.9 Å². The zero-order valence-electron chi connectivity index (χ0n) is 16.0. The van der Waals surface area contributed by atoms with Gasteiger partial charge in [-0.15, -0.1) is 0 Å². The maximum absolute atomic E-state index is 12.2. The Morgan fingerprint density at radius 3 is 2.55 bits per heavy atom. The van der Waals surface area contributed by atoms with E-state index in [1.54, 1.807) is 30.3 Å². The first-order chi connectivity index (χ1) is 14.0. The molecule has 0 saturated heterocycles. The molecule has 1 aliphatic rings. The molecule has 2 aromatic carbocycles. The van der Waals surface area contributed by atoms with Crippen LogP contribution in [0.3, 0.4) is 0 Å². The second-order valence-electron chi connectivity index (χ2n) is 6.23. The zero-order valence-corrected chi connectivity index (χ0v) is 16.0. The SMILES string of the molecule is COc1ccc(C(=O)NNC(=O)COc2ccc3c(c2)CCC(=O)N3)cc1OC. The number of anilines is 1. The summed E-state index contributed by atoms with van der Waals surface area (Å²) in [5.41, 5.74) is 6.60. The second-order valence-corrected chi connectivity index (χ2v) is 6.23. The van der Waals surface area contributed by atoms with Crippen molar-refractivity contribution in [3.05, 3.63) is 47.5 Å². The van der Waals surface area contributed by atoms with Crippen LogP contribution in [0.2, 0.25) is 0 Å². The third-order valence-electron chi connectivity index (χ3n) is 4.30. The topological polar surface area (TPSA) is 115 Å². The number of ether oxygens (including phenoxy) is 3. The van der Waals surface area contributed by atoms with Gasteiger partial charge in [-0.05, 0) is 48.4 Å². The van der Waals surface area contributed by atoms with Crippen LogP contribution >= 0.6 is 0 Å². The molecule has 0 fully saturated rings. The fraction of sp³-hybridized carbons (Fsp3) is 0.250. The van der Waals surface area contributed by atoms with E-state index in [4.69, 9.17) is 14.2 Å². The lowest BCUT2D eigenvalue weighted by Gasteiger charge is -2.17. The fourth-order valence-corrected chi connectivity index (χ4v) is 2.81. The standard InChI is InChI=1S/C20H21N3O6/c1-27-16-7-3-13(10-17(16)28-2)20(26)23-22-19(25)11-29-14-5-6-15-12(9-14)4-8-18(24)21-15/h3,5-7,9-10H,4,8,11H2,1-2H3,(H,21,24)(H,22,25)(H,23,26). The molecule has 0 bridgehead atoms. The van der Waals surface area contributed by atoms with E-state index in [1.165, 1.54) is 20.3 Å². The minimum Gasteiger partial charge on any atom is -0.493 e. The number of methoxy groups -OCH3 is 2. The average molecular weight is 399 g/mol. The summed E-state index contributed by atoms with van der Waals surface area (Å²) < 4.78 is 15.7. The van der Waals surface area contributed by atoms with Crippen molar-refractivity contribution in [3.8, 4) is 17.2 Å².